The van der Waals surface area contributed by atoms with Crippen molar-refractivity contribution in [1.82, 2.24) is 19.2 Å². The van der Waals surface area contributed by atoms with Crippen molar-refractivity contribution in [2.45, 2.75) is 32.2 Å². The predicted octanol–water partition coefficient (Wildman–Crippen LogP) is 1.25. The Labute approximate surface area is 119 Å². The SMILES string of the molecule is CC(C)(C)c1nsc(NCC2CN3CCN2CC3)n1. The van der Waals surface area contributed by atoms with Crippen LogP contribution in [0.4, 0.5) is 5.13 Å². The Morgan fingerprint density at radius 1 is 1.26 bits per heavy atom. The van der Waals surface area contributed by atoms with Gasteiger partial charge in [0.15, 0.2) is 0 Å². The molecule has 1 aromatic rings. The second-order valence-corrected chi connectivity index (χ2v) is 7.30. The smallest absolute Gasteiger partial charge is 0.202 e. The van der Waals surface area contributed by atoms with Crippen LogP contribution in [0.1, 0.15) is 26.6 Å². The van der Waals surface area contributed by atoms with Gasteiger partial charge in [-0.1, -0.05) is 20.8 Å². The van der Waals surface area contributed by atoms with Crippen LogP contribution in [0.5, 0.6) is 0 Å². The van der Waals surface area contributed by atoms with Crippen molar-refractivity contribution in [2.75, 3.05) is 44.6 Å². The molecule has 1 N–H and O–H groups in total. The molecule has 5 nitrogen and oxygen atoms in total. The Bertz CT molecular complexity index is 430. The molecule has 1 unspecified atom stereocenters. The fraction of sp³-hybridized carbons (Fsp3) is 0.846. The Kier molecular flexibility index (Phi) is 3.49. The van der Waals surface area contributed by atoms with Crippen LogP contribution in [0.25, 0.3) is 0 Å². The van der Waals surface area contributed by atoms with Gasteiger partial charge in [0.25, 0.3) is 0 Å². The van der Waals surface area contributed by atoms with E-state index in [9.17, 15) is 0 Å². The first-order valence-corrected chi connectivity index (χ1v) is 7.84. The Balaban J connectivity index is 1.56. The van der Waals surface area contributed by atoms with Crippen LogP contribution in [-0.4, -0.2) is 64.5 Å². The van der Waals surface area contributed by atoms with E-state index in [0.29, 0.717) is 6.04 Å². The number of aromatic nitrogens is 2. The lowest BCUT2D eigenvalue weighted by Gasteiger charge is -2.47. The maximum absolute atomic E-state index is 4.59. The number of hydrogen-bond acceptors (Lipinski definition) is 6. The van der Waals surface area contributed by atoms with Gasteiger partial charge in [-0.15, -0.1) is 0 Å². The van der Waals surface area contributed by atoms with Gasteiger partial charge < -0.3 is 5.32 Å². The molecule has 1 aromatic heterocycles. The summed E-state index contributed by atoms with van der Waals surface area (Å²) < 4.78 is 4.44. The first-order valence-electron chi connectivity index (χ1n) is 7.07. The van der Waals surface area contributed by atoms with Crippen molar-refractivity contribution in [3.05, 3.63) is 5.82 Å². The van der Waals surface area contributed by atoms with Crippen LogP contribution in [0, 0.1) is 0 Å². The highest BCUT2D eigenvalue weighted by Gasteiger charge is 2.31. The minimum absolute atomic E-state index is 0.0372. The Morgan fingerprint density at radius 3 is 2.53 bits per heavy atom. The van der Waals surface area contributed by atoms with Crippen LogP contribution in [0.15, 0.2) is 0 Å². The van der Waals surface area contributed by atoms with Crippen molar-refractivity contribution in [3.8, 4) is 0 Å². The number of rotatable bonds is 3. The summed E-state index contributed by atoms with van der Waals surface area (Å²) in [6, 6.07) is 0.629. The Hall–Kier alpha value is -0.720. The molecule has 3 aliphatic heterocycles. The highest BCUT2D eigenvalue weighted by Crippen LogP contribution is 2.23. The van der Waals surface area contributed by atoms with Gasteiger partial charge in [0.05, 0.1) is 0 Å². The number of nitrogens with zero attached hydrogens (tertiary/aromatic N) is 4. The summed E-state index contributed by atoms with van der Waals surface area (Å²) in [5.74, 6) is 0.939. The van der Waals surface area contributed by atoms with Gasteiger partial charge in [-0.3, -0.25) is 9.80 Å². The molecule has 0 amide bonds. The lowest BCUT2D eigenvalue weighted by atomic mass is 9.96. The highest BCUT2D eigenvalue weighted by molar-refractivity contribution is 7.09. The van der Waals surface area contributed by atoms with E-state index in [2.05, 4.69) is 45.2 Å². The molecule has 106 valence electrons. The van der Waals surface area contributed by atoms with Crippen molar-refractivity contribution >= 4 is 16.7 Å². The lowest BCUT2D eigenvalue weighted by molar-refractivity contribution is 0.0189. The molecule has 0 aliphatic carbocycles. The quantitative estimate of drug-likeness (QED) is 0.903. The molecule has 0 spiro atoms. The van der Waals surface area contributed by atoms with Crippen LogP contribution in [0.3, 0.4) is 0 Å². The minimum Gasteiger partial charge on any atom is -0.359 e. The summed E-state index contributed by atoms with van der Waals surface area (Å²) in [4.78, 5) is 9.75. The summed E-state index contributed by atoms with van der Waals surface area (Å²) in [6.45, 7) is 13.5. The van der Waals surface area contributed by atoms with Crippen molar-refractivity contribution in [3.63, 3.8) is 0 Å². The molecule has 3 saturated heterocycles. The summed E-state index contributed by atoms with van der Waals surface area (Å²) in [5, 5.41) is 4.43. The molecule has 3 aliphatic rings. The zero-order valence-electron chi connectivity index (χ0n) is 12.0. The number of hydrogen-bond donors (Lipinski definition) is 1. The van der Waals surface area contributed by atoms with Gasteiger partial charge >= 0.3 is 0 Å². The monoisotopic (exact) mass is 281 g/mol. The summed E-state index contributed by atoms with van der Waals surface area (Å²) >= 11 is 1.48. The molecular weight excluding hydrogens is 258 g/mol. The van der Waals surface area contributed by atoms with E-state index < -0.39 is 0 Å². The van der Waals surface area contributed by atoms with Crippen LogP contribution in [0.2, 0.25) is 0 Å². The topological polar surface area (TPSA) is 44.3 Å². The summed E-state index contributed by atoms with van der Waals surface area (Å²) in [6.07, 6.45) is 0. The normalized spacial score (nSPS) is 30.6. The lowest BCUT2D eigenvalue weighted by Crippen LogP contribution is -2.62. The number of fused-ring (bicyclic) bond motifs is 3. The van der Waals surface area contributed by atoms with Gasteiger partial charge in [0.2, 0.25) is 5.13 Å². The van der Waals surface area contributed by atoms with E-state index in [0.717, 1.165) is 17.5 Å². The van der Waals surface area contributed by atoms with Gasteiger partial charge in [0, 0.05) is 62.3 Å². The van der Waals surface area contributed by atoms with E-state index in [1.54, 1.807) is 0 Å². The molecule has 2 bridgehead atoms. The van der Waals surface area contributed by atoms with E-state index in [4.69, 9.17) is 0 Å². The number of nitrogens with one attached hydrogen (secondary N) is 1. The van der Waals surface area contributed by atoms with Crippen molar-refractivity contribution in [1.29, 1.82) is 0 Å². The molecular formula is C13H23N5S. The maximum Gasteiger partial charge on any atom is 0.202 e. The molecule has 4 rings (SSSR count). The van der Waals surface area contributed by atoms with Crippen LogP contribution in [-0.2, 0) is 5.41 Å². The molecule has 19 heavy (non-hydrogen) atoms. The average Bonchev–Trinajstić information content (AvgIpc) is 2.86. The minimum atomic E-state index is 0.0372. The first-order chi connectivity index (χ1) is 9.02. The van der Waals surface area contributed by atoms with Gasteiger partial charge in [-0.25, -0.2) is 4.98 Å². The molecule has 0 aromatic carbocycles. The highest BCUT2D eigenvalue weighted by atomic mass is 32.1. The fourth-order valence-corrected chi connectivity index (χ4v) is 3.49. The second kappa shape index (κ2) is 5.00. The predicted molar refractivity (Wildman–Crippen MR) is 78.9 cm³/mol. The maximum atomic E-state index is 4.59. The molecule has 3 fully saturated rings. The zero-order chi connectivity index (χ0) is 13.5. The van der Waals surface area contributed by atoms with Gasteiger partial charge in [-0.2, -0.15) is 4.37 Å². The third-order valence-corrected chi connectivity index (χ3v) is 4.65. The van der Waals surface area contributed by atoms with Crippen LogP contribution < -0.4 is 5.32 Å². The third kappa shape index (κ3) is 2.90. The Morgan fingerprint density at radius 2 is 2.00 bits per heavy atom. The molecule has 6 heteroatoms. The van der Waals surface area contributed by atoms with Gasteiger partial charge in [0.1, 0.15) is 5.82 Å². The molecule has 1 atom stereocenters. The van der Waals surface area contributed by atoms with Gasteiger partial charge in [-0.05, 0) is 0 Å². The largest absolute Gasteiger partial charge is 0.359 e. The summed E-state index contributed by atoms with van der Waals surface area (Å²) in [7, 11) is 0. The van der Waals surface area contributed by atoms with Crippen LogP contribution >= 0.6 is 11.5 Å². The van der Waals surface area contributed by atoms with E-state index in [1.807, 2.05) is 0 Å². The molecule has 4 heterocycles. The first kappa shape index (κ1) is 13.3. The van der Waals surface area contributed by atoms with Crippen molar-refractivity contribution < 1.29 is 0 Å². The summed E-state index contributed by atoms with van der Waals surface area (Å²) in [5.41, 5.74) is 0.0372. The van der Waals surface area contributed by atoms with Crippen molar-refractivity contribution in [2.24, 2.45) is 0 Å². The van der Waals surface area contributed by atoms with E-state index >= 15 is 0 Å². The zero-order valence-corrected chi connectivity index (χ0v) is 12.8. The van der Waals surface area contributed by atoms with E-state index in [-0.39, 0.29) is 5.41 Å². The second-order valence-electron chi connectivity index (χ2n) is 6.54. The molecule has 0 saturated carbocycles. The third-order valence-electron chi connectivity index (χ3n) is 3.98. The fourth-order valence-electron chi connectivity index (χ4n) is 2.72. The standard InChI is InChI=1S/C13H23N5S/c1-13(2,3)11-15-12(19-16-11)14-8-10-9-17-4-6-18(10)7-5-17/h10H,4-9H2,1-3H3,(H,14,15,16). The number of anilines is 1. The average molecular weight is 281 g/mol. The van der Waals surface area contributed by atoms with E-state index in [1.165, 1.54) is 44.3 Å². The molecule has 0 radical (unpaired) electrons. The number of piperazine rings is 3.